The number of carbonyl (C=O) groups excluding carboxylic acids is 3. The van der Waals surface area contributed by atoms with Gasteiger partial charge in [-0.15, -0.1) is 0 Å². The van der Waals surface area contributed by atoms with Crippen LogP contribution in [0.25, 0.3) is 0 Å². The van der Waals surface area contributed by atoms with Crippen LogP contribution in [-0.2, 0) is 14.4 Å². The van der Waals surface area contributed by atoms with Crippen molar-refractivity contribution >= 4 is 17.7 Å². The van der Waals surface area contributed by atoms with Crippen molar-refractivity contribution in [3.8, 4) is 0 Å². The van der Waals surface area contributed by atoms with Crippen molar-refractivity contribution in [1.29, 1.82) is 0 Å². The number of nitrogens with zero attached hydrogens (tertiary/aromatic N) is 1. The molecular weight excluding hydrogens is 282 g/mol. The maximum atomic E-state index is 12.9. The number of nitrogens with one attached hydrogen (secondary N) is 2. The van der Waals surface area contributed by atoms with Crippen LogP contribution in [0.15, 0.2) is 0 Å². The summed E-state index contributed by atoms with van der Waals surface area (Å²) in [4.78, 5) is 37.3. The van der Waals surface area contributed by atoms with Gasteiger partial charge in [0.25, 0.3) is 0 Å². The Morgan fingerprint density at radius 3 is 2.27 bits per heavy atom. The van der Waals surface area contributed by atoms with E-state index in [2.05, 4.69) is 10.6 Å². The average molecular weight is 309 g/mol. The van der Waals surface area contributed by atoms with E-state index >= 15 is 0 Å². The summed E-state index contributed by atoms with van der Waals surface area (Å²) in [6, 6.07) is -0.382. The van der Waals surface area contributed by atoms with Crippen molar-refractivity contribution in [2.75, 3.05) is 13.1 Å². The lowest BCUT2D eigenvalue weighted by Gasteiger charge is -2.36. The number of rotatable bonds is 4. The van der Waals surface area contributed by atoms with E-state index in [1.165, 1.54) is 13.8 Å². The lowest BCUT2D eigenvalue weighted by molar-refractivity contribution is -0.139. The van der Waals surface area contributed by atoms with Gasteiger partial charge >= 0.3 is 0 Å². The van der Waals surface area contributed by atoms with Crippen LogP contribution in [0.2, 0.25) is 0 Å². The summed E-state index contributed by atoms with van der Waals surface area (Å²) in [6.07, 6.45) is 6.04. The summed E-state index contributed by atoms with van der Waals surface area (Å²) in [5.41, 5.74) is 0. The zero-order valence-corrected chi connectivity index (χ0v) is 13.6. The van der Waals surface area contributed by atoms with Crippen molar-refractivity contribution in [2.24, 2.45) is 5.92 Å². The molecule has 2 rings (SSSR count). The minimum atomic E-state index is -0.406. The molecule has 1 aliphatic heterocycles. The summed E-state index contributed by atoms with van der Waals surface area (Å²) >= 11 is 0. The Morgan fingerprint density at radius 2 is 1.68 bits per heavy atom. The molecule has 0 bridgehead atoms. The third kappa shape index (κ3) is 4.45. The van der Waals surface area contributed by atoms with Crippen molar-refractivity contribution in [3.05, 3.63) is 0 Å². The van der Waals surface area contributed by atoms with Crippen LogP contribution in [0.3, 0.4) is 0 Å². The second-order valence-corrected chi connectivity index (χ2v) is 6.55. The van der Waals surface area contributed by atoms with Crippen LogP contribution in [0.1, 0.15) is 52.4 Å². The fraction of sp³-hybridized carbons (Fsp3) is 0.812. The van der Waals surface area contributed by atoms with Gasteiger partial charge < -0.3 is 15.5 Å². The first-order valence-electron chi connectivity index (χ1n) is 8.30. The Balaban J connectivity index is 2.01. The predicted octanol–water partition coefficient (Wildman–Crippen LogP) is 0.808. The lowest BCUT2D eigenvalue weighted by atomic mass is 9.95. The molecule has 2 unspecified atom stereocenters. The molecule has 22 heavy (non-hydrogen) atoms. The number of likely N-dealkylation sites (tertiary alicyclic amines) is 1. The van der Waals surface area contributed by atoms with Crippen LogP contribution in [0.5, 0.6) is 0 Å². The number of piperidine rings is 1. The number of hydrogen-bond donors (Lipinski definition) is 2. The lowest BCUT2D eigenvalue weighted by Crippen LogP contribution is -2.56. The molecule has 1 aliphatic carbocycles. The van der Waals surface area contributed by atoms with Crippen LogP contribution < -0.4 is 10.6 Å². The topological polar surface area (TPSA) is 78.5 Å². The van der Waals surface area contributed by atoms with E-state index in [0.29, 0.717) is 13.1 Å². The SMILES string of the molecule is CC(=O)NC1CCCN(C(=O)C(NC(C)=O)C2CCCC2)C1. The van der Waals surface area contributed by atoms with E-state index in [4.69, 9.17) is 0 Å². The third-order valence-electron chi connectivity index (χ3n) is 4.64. The van der Waals surface area contributed by atoms with E-state index in [-0.39, 0.29) is 29.7 Å². The van der Waals surface area contributed by atoms with Crippen LogP contribution in [0, 0.1) is 5.92 Å². The quantitative estimate of drug-likeness (QED) is 0.806. The van der Waals surface area contributed by atoms with Crippen LogP contribution in [-0.4, -0.2) is 47.8 Å². The second kappa shape index (κ2) is 7.61. The van der Waals surface area contributed by atoms with Gasteiger partial charge in [0.15, 0.2) is 0 Å². The van der Waals surface area contributed by atoms with Gasteiger partial charge in [0.05, 0.1) is 0 Å². The molecule has 2 aliphatic rings. The molecule has 124 valence electrons. The molecular formula is C16H27N3O3. The zero-order valence-electron chi connectivity index (χ0n) is 13.6. The smallest absolute Gasteiger partial charge is 0.245 e. The molecule has 3 amide bonds. The standard InChI is InChI=1S/C16H27N3O3/c1-11(20)17-14-8-5-9-19(10-14)16(22)15(18-12(2)21)13-6-3-4-7-13/h13-15H,3-10H2,1-2H3,(H,17,20)(H,18,21). The Morgan fingerprint density at radius 1 is 1.00 bits per heavy atom. The van der Waals surface area contributed by atoms with Crippen molar-refractivity contribution < 1.29 is 14.4 Å². The fourth-order valence-corrected chi connectivity index (χ4v) is 3.67. The maximum absolute atomic E-state index is 12.9. The van der Waals surface area contributed by atoms with Gasteiger partial charge in [-0.25, -0.2) is 0 Å². The van der Waals surface area contributed by atoms with Crippen molar-refractivity contribution in [1.82, 2.24) is 15.5 Å². The van der Waals surface area contributed by atoms with Gasteiger partial charge in [-0.1, -0.05) is 12.8 Å². The summed E-state index contributed by atoms with van der Waals surface area (Å²) in [6.45, 7) is 4.21. The molecule has 1 saturated carbocycles. The molecule has 2 fully saturated rings. The molecule has 0 radical (unpaired) electrons. The van der Waals surface area contributed by atoms with Crippen LogP contribution >= 0.6 is 0 Å². The largest absolute Gasteiger partial charge is 0.352 e. The highest BCUT2D eigenvalue weighted by Gasteiger charge is 2.35. The molecule has 0 aromatic heterocycles. The zero-order chi connectivity index (χ0) is 16.1. The molecule has 1 heterocycles. The van der Waals surface area contributed by atoms with E-state index in [1.54, 1.807) is 0 Å². The molecule has 2 N–H and O–H groups in total. The average Bonchev–Trinajstić information content (AvgIpc) is 2.97. The maximum Gasteiger partial charge on any atom is 0.245 e. The van der Waals surface area contributed by atoms with Gasteiger partial charge in [-0.05, 0) is 31.6 Å². The Hall–Kier alpha value is -1.59. The number of amides is 3. The van der Waals surface area contributed by atoms with Crippen molar-refractivity contribution in [3.63, 3.8) is 0 Å². The summed E-state index contributed by atoms with van der Waals surface area (Å²) < 4.78 is 0. The minimum absolute atomic E-state index is 0.0113. The monoisotopic (exact) mass is 309 g/mol. The molecule has 0 spiro atoms. The van der Waals surface area contributed by atoms with E-state index in [0.717, 1.165) is 38.5 Å². The number of hydrogen-bond acceptors (Lipinski definition) is 3. The summed E-state index contributed by atoms with van der Waals surface area (Å²) in [5.74, 6) is 0.0452. The number of carbonyl (C=O) groups is 3. The molecule has 0 aromatic rings. The first-order chi connectivity index (χ1) is 10.5. The van der Waals surface area contributed by atoms with Crippen LogP contribution in [0.4, 0.5) is 0 Å². The van der Waals surface area contributed by atoms with Crippen molar-refractivity contribution in [2.45, 2.75) is 64.5 Å². The molecule has 6 nitrogen and oxygen atoms in total. The van der Waals surface area contributed by atoms with E-state index < -0.39 is 6.04 Å². The highest BCUT2D eigenvalue weighted by molar-refractivity contribution is 5.87. The second-order valence-electron chi connectivity index (χ2n) is 6.55. The summed E-state index contributed by atoms with van der Waals surface area (Å²) in [5, 5.41) is 5.75. The first-order valence-corrected chi connectivity index (χ1v) is 8.30. The first kappa shape index (κ1) is 16.8. The molecule has 0 aromatic carbocycles. The Bertz CT molecular complexity index is 432. The van der Waals surface area contributed by atoms with E-state index in [9.17, 15) is 14.4 Å². The van der Waals surface area contributed by atoms with Gasteiger partial charge in [0, 0.05) is 33.0 Å². The third-order valence-corrected chi connectivity index (χ3v) is 4.64. The summed E-state index contributed by atoms with van der Waals surface area (Å²) in [7, 11) is 0. The molecule has 6 heteroatoms. The highest BCUT2D eigenvalue weighted by atomic mass is 16.2. The van der Waals surface area contributed by atoms with Gasteiger partial charge in [-0.2, -0.15) is 0 Å². The fourth-order valence-electron chi connectivity index (χ4n) is 3.67. The molecule has 1 saturated heterocycles. The Kier molecular flexibility index (Phi) is 5.80. The predicted molar refractivity (Wildman–Crippen MR) is 83.0 cm³/mol. The van der Waals surface area contributed by atoms with E-state index in [1.807, 2.05) is 4.90 Å². The van der Waals surface area contributed by atoms with Gasteiger partial charge in [-0.3, -0.25) is 14.4 Å². The Labute approximate surface area is 132 Å². The van der Waals surface area contributed by atoms with Gasteiger partial charge in [0.2, 0.25) is 17.7 Å². The van der Waals surface area contributed by atoms with Gasteiger partial charge in [0.1, 0.15) is 6.04 Å². The highest BCUT2D eigenvalue weighted by Crippen LogP contribution is 2.29. The normalized spacial score (nSPS) is 23.9. The molecule has 2 atom stereocenters. The minimum Gasteiger partial charge on any atom is -0.352 e.